The van der Waals surface area contributed by atoms with Gasteiger partial charge in [0.2, 0.25) is 0 Å². The number of aromatic nitrogens is 1. The van der Waals surface area contributed by atoms with Crippen LogP contribution in [-0.2, 0) is 7.05 Å². The largest absolute Gasteiger partial charge is 0.354 e. The van der Waals surface area contributed by atoms with Crippen LogP contribution < -0.4 is 10.7 Å². The van der Waals surface area contributed by atoms with E-state index in [1.165, 1.54) is 6.07 Å². The third kappa shape index (κ3) is 4.36. The van der Waals surface area contributed by atoms with Crippen molar-refractivity contribution < 1.29 is 4.79 Å². The number of nitrogens with one attached hydrogen (secondary N) is 1. The van der Waals surface area contributed by atoms with Crippen molar-refractivity contribution in [1.82, 2.24) is 14.8 Å². The van der Waals surface area contributed by atoms with Gasteiger partial charge in [0.05, 0.1) is 0 Å². The number of likely N-dealkylation sites (tertiary alicyclic amines) is 1. The second-order valence-corrected chi connectivity index (χ2v) is 6.87. The topological polar surface area (TPSA) is 54.3 Å². The molecule has 2 heterocycles. The van der Waals surface area contributed by atoms with Crippen molar-refractivity contribution in [2.75, 3.05) is 31.6 Å². The molecule has 22 heavy (non-hydrogen) atoms. The van der Waals surface area contributed by atoms with E-state index < -0.39 is 0 Å². The van der Waals surface area contributed by atoms with E-state index in [2.05, 4.69) is 16.5 Å². The van der Waals surface area contributed by atoms with Crippen molar-refractivity contribution in [2.45, 2.75) is 25.8 Å². The van der Waals surface area contributed by atoms with Crippen LogP contribution in [0.1, 0.15) is 28.9 Å². The quantitative estimate of drug-likeness (QED) is 0.886. The zero-order chi connectivity index (χ0) is 16.1. The molecule has 1 aromatic rings. The zero-order valence-corrected chi connectivity index (χ0v) is 14.4. The first kappa shape index (κ1) is 17.1. The number of pyridine rings is 1. The Hall–Kier alpha value is -1.27. The number of nitrogens with zero attached hydrogens (tertiary/aromatic N) is 2. The molecule has 0 aliphatic carbocycles. The fraction of sp³-hybridized carbons (Fsp3) is 0.625. The third-order valence-corrected chi connectivity index (χ3v) is 4.85. The van der Waals surface area contributed by atoms with Crippen LogP contribution >= 0.6 is 11.8 Å². The maximum Gasteiger partial charge on any atom is 0.256 e. The van der Waals surface area contributed by atoms with Gasteiger partial charge in [-0.05, 0) is 26.0 Å². The maximum absolute atomic E-state index is 12.3. The Morgan fingerprint density at radius 3 is 2.73 bits per heavy atom. The van der Waals surface area contributed by atoms with Crippen LogP contribution in [0.4, 0.5) is 0 Å². The van der Waals surface area contributed by atoms with E-state index >= 15 is 0 Å². The Balaban J connectivity index is 1.91. The molecule has 0 bridgehead atoms. The van der Waals surface area contributed by atoms with Gasteiger partial charge in [0.25, 0.3) is 5.91 Å². The summed E-state index contributed by atoms with van der Waals surface area (Å²) in [5.41, 5.74) is 0.882. The predicted octanol–water partition coefficient (Wildman–Crippen LogP) is 1.25. The lowest BCUT2D eigenvalue weighted by molar-refractivity contribution is 0.0911. The Labute approximate surface area is 136 Å². The van der Waals surface area contributed by atoms with E-state index in [0.717, 1.165) is 43.9 Å². The molecular formula is C16H25N3O2S. The van der Waals surface area contributed by atoms with E-state index in [9.17, 15) is 9.59 Å². The summed E-state index contributed by atoms with van der Waals surface area (Å²) in [6.45, 7) is 4.99. The first-order valence-corrected chi connectivity index (χ1v) is 9.10. The lowest BCUT2D eigenvalue weighted by Gasteiger charge is -2.32. The third-order valence-electron chi connectivity index (χ3n) is 4.26. The fourth-order valence-electron chi connectivity index (χ4n) is 2.68. The first-order valence-electron chi connectivity index (χ1n) is 7.70. The average molecular weight is 323 g/mol. The second-order valence-electron chi connectivity index (χ2n) is 5.89. The number of aryl methyl sites for hydroxylation is 2. The summed E-state index contributed by atoms with van der Waals surface area (Å²) in [7, 11) is 1.84. The molecule has 0 radical (unpaired) electrons. The van der Waals surface area contributed by atoms with Crippen molar-refractivity contribution in [3.8, 4) is 0 Å². The molecule has 0 aromatic carbocycles. The van der Waals surface area contributed by atoms with Crippen LogP contribution in [-0.4, -0.2) is 53.1 Å². The summed E-state index contributed by atoms with van der Waals surface area (Å²) >= 11 is 1.86. The SMILES string of the molecule is CSCCN1CCC(NC(=O)c2cn(C)c(C)cc2=O)CC1. The van der Waals surface area contributed by atoms with Crippen LogP contribution in [0.3, 0.4) is 0 Å². The van der Waals surface area contributed by atoms with Crippen LogP contribution in [0.5, 0.6) is 0 Å². The number of hydrogen-bond acceptors (Lipinski definition) is 4. The van der Waals surface area contributed by atoms with E-state index in [1.807, 2.05) is 25.7 Å². The Morgan fingerprint density at radius 1 is 1.41 bits per heavy atom. The van der Waals surface area contributed by atoms with E-state index in [4.69, 9.17) is 0 Å². The molecule has 1 amide bonds. The van der Waals surface area contributed by atoms with Crippen molar-refractivity contribution >= 4 is 17.7 Å². The number of piperidine rings is 1. The molecule has 0 spiro atoms. The highest BCUT2D eigenvalue weighted by molar-refractivity contribution is 7.98. The highest BCUT2D eigenvalue weighted by Gasteiger charge is 2.22. The smallest absolute Gasteiger partial charge is 0.256 e. The summed E-state index contributed by atoms with van der Waals surface area (Å²) in [4.78, 5) is 26.7. The number of thioether (sulfide) groups is 1. The minimum atomic E-state index is -0.247. The second kappa shape index (κ2) is 7.83. The van der Waals surface area contributed by atoms with Crippen LogP contribution in [0, 0.1) is 6.92 Å². The van der Waals surface area contributed by atoms with Gasteiger partial charge in [-0.1, -0.05) is 0 Å². The molecule has 122 valence electrons. The van der Waals surface area contributed by atoms with E-state index in [0.29, 0.717) is 0 Å². The predicted molar refractivity (Wildman–Crippen MR) is 91.7 cm³/mol. The molecule has 1 aliphatic heterocycles. The first-order chi connectivity index (χ1) is 10.5. The Bertz CT molecular complexity index is 577. The molecule has 0 saturated carbocycles. The van der Waals surface area contributed by atoms with Crippen LogP contribution in [0.25, 0.3) is 0 Å². The van der Waals surface area contributed by atoms with Crippen molar-refractivity contribution in [3.63, 3.8) is 0 Å². The fourth-order valence-corrected chi connectivity index (χ4v) is 3.12. The van der Waals surface area contributed by atoms with E-state index in [1.54, 1.807) is 10.8 Å². The van der Waals surface area contributed by atoms with Gasteiger partial charge in [0.1, 0.15) is 5.56 Å². The van der Waals surface area contributed by atoms with Crippen molar-refractivity contribution in [2.24, 2.45) is 7.05 Å². The molecule has 6 heteroatoms. The minimum absolute atomic E-state index is 0.170. The molecule has 1 aliphatic rings. The van der Waals surface area contributed by atoms with Gasteiger partial charge < -0.3 is 14.8 Å². The van der Waals surface area contributed by atoms with Gasteiger partial charge in [0, 0.05) is 56.4 Å². The Morgan fingerprint density at radius 2 is 2.09 bits per heavy atom. The Kier molecular flexibility index (Phi) is 6.08. The number of hydrogen-bond donors (Lipinski definition) is 1. The van der Waals surface area contributed by atoms with Crippen LogP contribution in [0.2, 0.25) is 0 Å². The van der Waals surface area contributed by atoms with E-state index in [-0.39, 0.29) is 22.9 Å². The molecular weight excluding hydrogens is 298 g/mol. The molecule has 1 N–H and O–H groups in total. The molecule has 1 saturated heterocycles. The molecule has 1 fully saturated rings. The molecule has 5 nitrogen and oxygen atoms in total. The van der Waals surface area contributed by atoms with Crippen LogP contribution in [0.15, 0.2) is 17.1 Å². The minimum Gasteiger partial charge on any atom is -0.354 e. The van der Waals surface area contributed by atoms with Gasteiger partial charge in [-0.25, -0.2) is 0 Å². The average Bonchev–Trinajstić information content (AvgIpc) is 2.50. The van der Waals surface area contributed by atoms with Gasteiger partial charge in [0.15, 0.2) is 5.43 Å². The summed E-state index contributed by atoms with van der Waals surface area (Å²) in [5.74, 6) is 0.902. The maximum atomic E-state index is 12.3. The highest BCUT2D eigenvalue weighted by atomic mass is 32.2. The standard InChI is InChI=1S/C16H25N3O2S/c1-12-10-15(20)14(11-18(12)2)16(21)17-13-4-6-19(7-5-13)8-9-22-3/h10-11,13H,4-9H2,1-3H3,(H,17,21). The monoisotopic (exact) mass is 323 g/mol. The van der Waals surface area contributed by atoms with Gasteiger partial charge in [-0.15, -0.1) is 0 Å². The summed E-state index contributed by atoms with van der Waals surface area (Å²) in [6, 6.07) is 1.68. The lowest BCUT2D eigenvalue weighted by atomic mass is 10.0. The molecule has 2 rings (SSSR count). The normalized spacial score (nSPS) is 16.7. The van der Waals surface area contributed by atoms with Gasteiger partial charge in [-0.2, -0.15) is 11.8 Å². The van der Waals surface area contributed by atoms with Crippen molar-refractivity contribution in [3.05, 3.63) is 33.7 Å². The van der Waals surface area contributed by atoms with Gasteiger partial charge >= 0.3 is 0 Å². The number of amides is 1. The molecule has 1 aromatic heterocycles. The summed E-state index contributed by atoms with van der Waals surface area (Å²) < 4.78 is 1.81. The molecule has 0 unspecified atom stereocenters. The number of carbonyl (C=O) groups is 1. The summed E-state index contributed by atoms with van der Waals surface area (Å²) in [5, 5.41) is 3.02. The van der Waals surface area contributed by atoms with Crippen molar-refractivity contribution in [1.29, 1.82) is 0 Å². The van der Waals surface area contributed by atoms with Gasteiger partial charge in [-0.3, -0.25) is 9.59 Å². The number of carbonyl (C=O) groups excluding carboxylic acids is 1. The number of rotatable bonds is 5. The summed E-state index contributed by atoms with van der Waals surface area (Å²) in [6.07, 6.45) is 5.65. The zero-order valence-electron chi connectivity index (χ0n) is 13.6. The molecule has 0 atom stereocenters. The lowest BCUT2D eigenvalue weighted by Crippen LogP contribution is -2.46. The highest BCUT2D eigenvalue weighted by Crippen LogP contribution is 2.11.